The van der Waals surface area contributed by atoms with Crippen LogP contribution in [0.2, 0.25) is 0 Å². The fourth-order valence-electron chi connectivity index (χ4n) is 5.07. The maximum absolute atomic E-state index is 11.4. The maximum atomic E-state index is 11.4. The lowest BCUT2D eigenvalue weighted by Gasteiger charge is -2.27. The summed E-state index contributed by atoms with van der Waals surface area (Å²) in [6.07, 6.45) is 1.92. The summed E-state index contributed by atoms with van der Waals surface area (Å²) < 4.78 is 0. The van der Waals surface area contributed by atoms with Gasteiger partial charge in [-0.05, 0) is 65.6 Å². The number of aliphatic hydroxyl groups excluding tert-OH is 2. The molecular weight excluding hydrogens is 477 g/mol. The van der Waals surface area contributed by atoms with Gasteiger partial charge < -0.3 is 15.3 Å². The van der Waals surface area contributed by atoms with Crippen molar-refractivity contribution < 1.29 is 15.3 Å². The zero-order valence-electron chi connectivity index (χ0n) is 20.9. The van der Waals surface area contributed by atoms with E-state index in [0.717, 1.165) is 30.5 Å². The number of phenols is 1. The molecule has 0 amide bonds. The van der Waals surface area contributed by atoms with Crippen LogP contribution in [0, 0.1) is 0 Å². The molecule has 190 valence electrons. The predicted octanol–water partition coefficient (Wildman–Crippen LogP) is 5.17. The van der Waals surface area contributed by atoms with Crippen molar-refractivity contribution in [3.05, 3.63) is 125 Å². The van der Waals surface area contributed by atoms with Crippen LogP contribution in [-0.2, 0) is 6.54 Å². The third-order valence-corrected chi connectivity index (χ3v) is 8.54. The SMILES string of the molecule is Oc1c(Pc2ccccc2CN2CCCCC2)cc(C(O)c2ccccc2)cc1C(O)c1ccccc1. The molecule has 3 unspecified atom stereocenters. The number of nitrogens with zero attached hydrogens (tertiary/aromatic N) is 1. The number of hydrogen-bond donors (Lipinski definition) is 3. The van der Waals surface area contributed by atoms with E-state index < -0.39 is 12.2 Å². The topological polar surface area (TPSA) is 63.9 Å². The predicted molar refractivity (Wildman–Crippen MR) is 152 cm³/mol. The van der Waals surface area contributed by atoms with Crippen LogP contribution in [0.3, 0.4) is 0 Å². The van der Waals surface area contributed by atoms with Crippen LogP contribution in [-0.4, -0.2) is 33.3 Å². The first-order valence-corrected chi connectivity index (χ1v) is 14.0. The lowest BCUT2D eigenvalue weighted by molar-refractivity contribution is 0.210. The number of likely N-dealkylation sites (tertiary alicyclic amines) is 1. The molecule has 37 heavy (non-hydrogen) atoms. The summed E-state index contributed by atoms with van der Waals surface area (Å²) in [5, 5.41) is 35.8. The maximum Gasteiger partial charge on any atom is 0.129 e. The van der Waals surface area contributed by atoms with Gasteiger partial charge in [-0.25, -0.2) is 0 Å². The number of phenolic OH excluding ortho intramolecular Hbond substituents is 1. The third kappa shape index (κ3) is 6.11. The van der Waals surface area contributed by atoms with E-state index in [1.807, 2.05) is 72.8 Å². The molecule has 5 rings (SSSR count). The molecule has 1 fully saturated rings. The van der Waals surface area contributed by atoms with Gasteiger partial charge in [0.05, 0.1) is 0 Å². The van der Waals surface area contributed by atoms with Gasteiger partial charge in [-0.2, -0.15) is 0 Å². The molecule has 1 heterocycles. The molecule has 0 aliphatic carbocycles. The molecule has 1 aliphatic rings. The van der Waals surface area contributed by atoms with Crippen molar-refractivity contribution in [2.45, 2.75) is 38.0 Å². The van der Waals surface area contributed by atoms with Crippen molar-refractivity contribution in [2.24, 2.45) is 0 Å². The van der Waals surface area contributed by atoms with E-state index >= 15 is 0 Å². The van der Waals surface area contributed by atoms with Crippen LogP contribution in [0.5, 0.6) is 5.75 Å². The Labute approximate surface area is 221 Å². The minimum absolute atomic E-state index is 0.0893. The molecule has 1 saturated heterocycles. The Morgan fingerprint density at radius 2 is 1.24 bits per heavy atom. The number of piperidine rings is 1. The summed E-state index contributed by atoms with van der Waals surface area (Å²) in [6.45, 7) is 3.14. The standard InChI is InChI=1S/C32H34NO3P/c34-30(23-12-4-1-5-13-23)26-20-27(31(35)24-14-6-2-7-15-24)32(36)29(21-26)37-28-17-9-8-16-25(28)22-33-18-10-3-11-19-33/h1-2,4-9,12-17,20-21,30-31,34-37H,3,10-11,18-19,22H2. The van der Waals surface area contributed by atoms with Crippen LogP contribution in [0.4, 0.5) is 0 Å². The van der Waals surface area contributed by atoms with Gasteiger partial charge in [0.25, 0.3) is 0 Å². The van der Waals surface area contributed by atoms with Gasteiger partial charge in [0.15, 0.2) is 0 Å². The molecule has 4 aromatic carbocycles. The van der Waals surface area contributed by atoms with Crippen molar-refractivity contribution in [1.82, 2.24) is 4.90 Å². The van der Waals surface area contributed by atoms with Crippen LogP contribution in [0.25, 0.3) is 0 Å². The van der Waals surface area contributed by atoms with Gasteiger partial charge in [-0.1, -0.05) is 99.9 Å². The Bertz CT molecular complexity index is 1310. The van der Waals surface area contributed by atoms with Crippen LogP contribution in [0.15, 0.2) is 97.1 Å². The normalized spacial score (nSPS) is 16.2. The third-order valence-electron chi connectivity index (χ3n) is 7.13. The van der Waals surface area contributed by atoms with E-state index in [-0.39, 0.29) is 14.3 Å². The Kier molecular flexibility index (Phi) is 8.33. The minimum atomic E-state index is -1.00. The fourth-order valence-corrected chi connectivity index (χ4v) is 6.36. The van der Waals surface area contributed by atoms with Gasteiger partial charge in [0.2, 0.25) is 0 Å². The largest absolute Gasteiger partial charge is 0.507 e. The number of benzene rings is 4. The number of hydrogen-bond acceptors (Lipinski definition) is 4. The molecule has 0 bridgehead atoms. The van der Waals surface area contributed by atoms with E-state index in [4.69, 9.17) is 0 Å². The number of aromatic hydroxyl groups is 1. The summed E-state index contributed by atoms with van der Waals surface area (Å²) in [5.41, 5.74) is 3.80. The lowest BCUT2D eigenvalue weighted by atomic mass is 9.95. The number of rotatable bonds is 8. The summed E-state index contributed by atoms with van der Waals surface area (Å²) in [7, 11) is 0.190. The Morgan fingerprint density at radius 3 is 1.92 bits per heavy atom. The summed E-state index contributed by atoms with van der Waals surface area (Å²) >= 11 is 0. The molecular formula is C32H34NO3P. The van der Waals surface area contributed by atoms with Crippen molar-refractivity contribution in [2.75, 3.05) is 13.1 Å². The summed E-state index contributed by atoms with van der Waals surface area (Å²) in [6, 6.07) is 30.9. The van der Waals surface area contributed by atoms with Crippen molar-refractivity contribution in [1.29, 1.82) is 0 Å². The first-order chi connectivity index (χ1) is 18.1. The summed E-state index contributed by atoms with van der Waals surface area (Å²) in [5.74, 6) is 0.0893. The van der Waals surface area contributed by atoms with E-state index in [9.17, 15) is 15.3 Å². The van der Waals surface area contributed by atoms with Gasteiger partial charge in [0.1, 0.15) is 18.0 Å². The fraction of sp³-hybridized carbons (Fsp3) is 0.250. The van der Waals surface area contributed by atoms with Crippen LogP contribution < -0.4 is 10.6 Å². The molecule has 0 radical (unpaired) electrons. The highest BCUT2D eigenvalue weighted by atomic mass is 31.1. The quantitative estimate of drug-likeness (QED) is 0.286. The zero-order chi connectivity index (χ0) is 25.6. The monoisotopic (exact) mass is 511 g/mol. The van der Waals surface area contributed by atoms with E-state index in [1.54, 1.807) is 6.07 Å². The van der Waals surface area contributed by atoms with Crippen LogP contribution in [0.1, 0.15) is 59.3 Å². The Balaban J connectivity index is 1.53. The molecule has 0 saturated carbocycles. The Hall–Kier alpha value is -3.01. The Morgan fingerprint density at radius 1 is 0.649 bits per heavy atom. The van der Waals surface area contributed by atoms with E-state index in [1.165, 1.54) is 30.1 Å². The molecule has 3 N–H and O–H groups in total. The van der Waals surface area contributed by atoms with Gasteiger partial charge in [-0.15, -0.1) is 0 Å². The van der Waals surface area contributed by atoms with Crippen LogP contribution >= 0.6 is 8.58 Å². The average Bonchev–Trinajstić information content (AvgIpc) is 2.96. The van der Waals surface area contributed by atoms with Crippen molar-refractivity contribution >= 4 is 19.2 Å². The first-order valence-electron chi connectivity index (χ1n) is 13.0. The minimum Gasteiger partial charge on any atom is -0.507 e. The average molecular weight is 512 g/mol. The summed E-state index contributed by atoms with van der Waals surface area (Å²) in [4.78, 5) is 2.51. The van der Waals surface area contributed by atoms with Gasteiger partial charge >= 0.3 is 0 Å². The smallest absolute Gasteiger partial charge is 0.129 e. The highest BCUT2D eigenvalue weighted by Crippen LogP contribution is 2.35. The second-order valence-corrected chi connectivity index (χ2v) is 11.1. The molecule has 1 aliphatic heterocycles. The molecule has 4 aromatic rings. The zero-order valence-corrected chi connectivity index (χ0v) is 21.9. The van der Waals surface area contributed by atoms with Crippen molar-refractivity contribution in [3.63, 3.8) is 0 Å². The number of aliphatic hydroxyl groups is 2. The second kappa shape index (κ2) is 12.0. The van der Waals surface area contributed by atoms with Gasteiger partial charge in [0, 0.05) is 17.4 Å². The van der Waals surface area contributed by atoms with E-state index in [0.29, 0.717) is 16.7 Å². The van der Waals surface area contributed by atoms with Gasteiger partial charge in [-0.3, -0.25) is 4.90 Å². The molecule has 5 heteroatoms. The van der Waals surface area contributed by atoms with Crippen molar-refractivity contribution in [3.8, 4) is 5.75 Å². The van der Waals surface area contributed by atoms with E-state index in [2.05, 4.69) is 23.1 Å². The highest BCUT2D eigenvalue weighted by molar-refractivity contribution is 7.55. The molecule has 0 spiro atoms. The first kappa shape index (κ1) is 25.6. The second-order valence-electron chi connectivity index (χ2n) is 9.75. The molecule has 3 atom stereocenters. The lowest BCUT2D eigenvalue weighted by Crippen LogP contribution is -2.30. The molecule has 4 nitrogen and oxygen atoms in total. The molecule has 0 aromatic heterocycles. The highest BCUT2D eigenvalue weighted by Gasteiger charge is 2.22.